The standard InChI is InChI=1S/C18H21NO3S/c1-4-17(14-10-8-13(2)9-11-14)19-18(20)15-6-5-7-16(12-15)23(3,21)22/h5-12,17H,4H2,1-3H3,(H,19,20)/t17-/m1/s1. The van der Waals surface area contributed by atoms with Gasteiger partial charge < -0.3 is 5.32 Å². The Balaban J connectivity index is 2.22. The Bertz CT molecular complexity index is 795. The second kappa shape index (κ2) is 6.96. The quantitative estimate of drug-likeness (QED) is 0.914. The molecule has 2 rings (SSSR count). The van der Waals surface area contributed by atoms with Crippen molar-refractivity contribution in [2.45, 2.75) is 31.2 Å². The summed E-state index contributed by atoms with van der Waals surface area (Å²) in [6.45, 7) is 4.01. The van der Waals surface area contributed by atoms with Crippen LogP contribution in [-0.4, -0.2) is 20.6 Å². The summed E-state index contributed by atoms with van der Waals surface area (Å²) in [5, 5.41) is 2.96. The summed E-state index contributed by atoms with van der Waals surface area (Å²) in [6, 6.07) is 14.0. The molecule has 0 radical (unpaired) electrons. The van der Waals surface area contributed by atoms with Crippen LogP contribution in [-0.2, 0) is 9.84 Å². The summed E-state index contributed by atoms with van der Waals surface area (Å²) < 4.78 is 23.2. The molecule has 0 spiro atoms. The third-order valence-electron chi connectivity index (χ3n) is 3.72. The van der Waals surface area contributed by atoms with Gasteiger partial charge in [-0.25, -0.2) is 8.42 Å². The first-order valence-corrected chi connectivity index (χ1v) is 9.38. The number of amides is 1. The fourth-order valence-electron chi connectivity index (χ4n) is 2.33. The number of nitrogens with one attached hydrogen (secondary N) is 1. The van der Waals surface area contributed by atoms with Crippen LogP contribution in [0.2, 0.25) is 0 Å². The molecule has 0 heterocycles. The number of aryl methyl sites for hydroxylation is 1. The molecule has 1 amide bonds. The molecule has 1 atom stereocenters. The van der Waals surface area contributed by atoms with Gasteiger partial charge in [-0.2, -0.15) is 0 Å². The average molecular weight is 331 g/mol. The molecule has 5 heteroatoms. The molecular formula is C18H21NO3S. The molecule has 2 aromatic rings. The lowest BCUT2D eigenvalue weighted by atomic mass is 10.0. The summed E-state index contributed by atoms with van der Waals surface area (Å²) in [4.78, 5) is 12.6. The largest absolute Gasteiger partial charge is 0.345 e. The Hall–Kier alpha value is -2.14. The Morgan fingerprint density at radius 3 is 2.35 bits per heavy atom. The highest BCUT2D eigenvalue weighted by molar-refractivity contribution is 7.90. The molecule has 0 unspecified atom stereocenters. The van der Waals surface area contributed by atoms with E-state index >= 15 is 0 Å². The predicted molar refractivity (Wildman–Crippen MR) is 91.2 cm³/mol. The van der Waals surface area contributed by atoms with Crippen molar-refractivity contribution in [3.63, 3.8) is 0 Å². The van der Waals surface area contributed by atoms with E-state index in [1.54, 1.807) is 12.1 Å². The zero-order chi connectivity index (χ0) is 17.0. The Morgan fingerprint density at radius 1 is 1.13 bits per heavy atom. The lowest BCUT2D eigenvalue weighted by molar-refractivity contribution is 0.0935. The van der Waals surface area contributed by atoms with E-state index in [4.69, 9.17) is 0 Å². The highest BCUT2D eigenvalue weighted by atomic mass is 32.2. The maximum atomic E-state index is 12.4. The third kappa shape index (κ3) is 4.42. The number of carbonyl (C=O) groups excluding carboxylic acids is 1. The molecule has 0 saturated carbocycles. The highest BCUT2D eigenvalue weighted by Crippen LogP contribution is 2.18. The van der Waals surface area contributed by atoms with Gasteiger partial charge in [0, 0.05) is 11.8 Å². The fourth-order valence-corrected chi connectivity index (χ4v) is 3.00. The van der Waals surface area contributed by atoms with Gasteiger partial charge in [-0.05, 0) is 37.1 Å². The Kier molecular flexibility index (Phi) is 5.21. The van der Waals surface area contributed by atoms with Crippen molar-refractivity contribution >= 4 is 15.7 Å². The summed E-state index contributed by atoms with van der Waals surface area (Å²) in [5.41, 5.74) is 2.54. The molecule has 0 saturated heterocycles. The maximum absolute atomic E-state index is 12.4. The summed E-state index contributed by atoms with van der Waals surface area (Å²) in [5.74, 6) is -0.275. The lowest BCUT2D eigenvalue weighted by Crippen LogP contribution is -2.28. The molecule has 1 N–H and O–H groups in total. The normalized spacial score (nSPS) is 12.7. The van der Waals surface area contributed by atoms with Gasteiger partial charge in [-0.1, -0.05) is 42.8 Å². The number of rotatable bonds is 5. The van der Waals surface area contributed by atoms with Crippen molar-refractivity contribution in [2.24, 2.45) is 0 Å². The average Bonchev–Trinajstić information content (AvgIpc) is 2.52. The van der Waals surface area contributed by atoms with Crippen LogP contribution in [0.1, 0.15) is 40.9 Å². The second-order valence-corrected chi connectivity index (χ2v) is 7.66. The molecule has 0 fully saturated rings. The van der Waals surface area contributed by atoms with Crippen LogP contribution in [0.5, 0.6) is 0 Å². The van der Waals surface area contributed by atoms with Crippen LogP contribution in [0.4, 0.5) is 0 Å². The van der Waals surface area contributed by atoms with Crippen molar-refractivity contribution in [1.29, 1.82) is 0 Å². The van der Waals surface area contributed by atoms with E-state index in [9.17, 15) is 13.2 Å². The van der Waals surface area contributed by atoms with E-state index in [-0.39, 0.29) is 16.8 Å². The first-order chi connectivity index (χ1) is 10.8. The van der Waals surface area contributed by atoms with E-state index in [0.29, 0.717) is 5.56 Å². The zero-order valence-corrected chi connectivity index (χ0v) is 14.4. The number of hydrogen-bond donors (Lipinski definition) is 1. The summed E-state index contributed by atoms with van der Waals surface area (Å²) in [7, 11) is -3.33. The van der Waals surface area contributed by atoms with Crippen LogP contribution in [0.25, 0.3) is 0 Å². The van der Waals surface area contributed by atoms with E-state index in [2.05, 4.69) is 5.32 Å². The predicted octanol–water partition coefficient (Wildman–Crippen LogP) is 3.28. The summed E-state index contributed by atoms with van der Waals surface area (Å²) in [6.07, 6.45) is 1.88. The molecular weight excluding hydrogens is 310 g/mol. The van der Waals surface area contributed by atoms with Crippen LogP contribution in [0, 0.1) is 6.92 Å². The van der Waals surface area contributed by atoms with Crippen LogP contribution in [0.3, 0.4) is 0 Å². The van der Waals surface area contributed by atoms with E-state index < -0.39 is 9.84 Å². The minimum atomic E-state index is -3.33. The highest BCUT2D eigenvalue weighted by Gasteiger charge is 2.16. The number of benzene rings is 2. The number of sulfone groups is 1. The van der Waals surface area contributed by atoms with Crippen LogP contribution < -0.4 is 5.32 Å². The molecule has 23 heavy (non-hydrogen) atoms. The van der Waals surface area contributed by atoms with Gasteiger partial charge in [-0.15, -0.1) is 0 Å². The van der Waals surface area contributed by atoms with E-state index in [0.717, 1.165) is 23.8 Å². The molecule has 122 valence electrons. The second-order valence-electron chi connectivity index (χ2n) is 5.64. The molecule has 0 aliphatic rings. The van der Waals surface area contributed by atoms with Gasteiger partial charge >= 0.3 is 0 Å². The topological polar surface area (TPSA) is 63.2 Å². The third-order valence-corrected chi connectivity index (χ3v) is 4.83. The minimum absolute atomic E-state index is 0.106. The lowest BCUT2D eigenvalue weighted by Gasteiger charge is -2.18. The van der Waals surface area contributed by atoms with Crippen molar-refractivity contribution in [3.05, 3.63) is 65.2 Å². The van der Waals surface area contributed by atoms with Crippen molar-refractivity contribution < 1.29 is 13.2 Å². The van der Waals surface area contributed by atoms with Crippen LogP contribution in [0.15, 0.2) is 53.4 Å². The molecule has 4 nitrogen and oxygen atoms in total. The number of carbonyl (C=O) groups is 1. The van der Waals surface area contributed by atoms with Gasteiger partial charge in [0.25, 0.3) is 5.91 Å². The summed E-state index contributed by atoms with van der Waals surface area (Å²) >= 11 is 0. The van der Waals surface area contributed by atoms with Gasteiger partial charge in [-0.3, -0.25) is 4.79 Å². The van der Waals surface area contributed by atoms with E-state index in [1.807, 2.05) is 38.1 Å². The maximum Gasteiger partial charge on any atom is 0.251 e. The Morgan fingerprint density at radius 2 is 1.78 bits per heavy atom. The molecule has 0 aliphatic heterocycles. The van der Waals surface area contributed by atoms with Crippen molar-refractivity contribution in [1.82, 2.24) is 5.32 Å². The zero-order valence-electron chi connectivity index (χ0n) is 13.5. The first-order valence-electron chi connectivity index (χ1n) is 7.49. The molecule has 0 bridgehead atoms. The van der Waals surface area contributed by atoms with Gasteiger partial charge in [0.15, 0.2) is 9.84 Å². The monoisotopic (exact) mass is 331 g/mol. The molecule has 2 aromatic carbocycles. The minimum Gasteiger partial charge on any atom is -0.345 e. The van der Waals surface area contributed by atoms with Gasteiger partial charge in [0.05, 0.1) is 10.9 Å². The SMILES string of the molecule is CC[C@@H](NC(=O)c1cccc(S(C)(=O)=O)c1)c1ccc(C)cc1. The fraction of sp³-hybridized carbons (Fsp3) is 0.278. The Labute approximate surface area is 137 Å². The first kappa shape index (κ1) is 17.2. The molecule has 0 aliphatic carbocycles. The van der Waals surface area contributed by atoms with Crippen molar-refractivity contribution in [3.8, 4) is 0 Å². The van der Waals surface area contributed by atoms with Gasteiger partial charge in [0.2, 0.25) is 0 Å². The van der Waals surface area contributed by atoms with Crippen LogP contribution >= 0.6 is 0 Å². The molecule has 0 aromatic heterocycles. The van der Waals surface area contributed by atoms with Gasteiger partial charge in [0.1, 0.15) is 0 Å². The van der Waals surface area contributed by atoms with E-state index in [1.165, 1.54) is 12.1 Å². The smallest absolute Gasteiger partial charge is 0.251 e. The number of hydrogen-bond acceptors (Lipinski definition) is 3. The van der Waals surface area contributed by atoms with Crippen molar-refractivity contribution in [2.75, 3.05) is 6.26 Å².